The molecule has 1 atom stereocenters. The molecule has 0 bridgehead atoms. The van der Waals surface area contributed by atoms with Gasteiger partial charge in [-0.2, -0.15) is 0 Å². The Hall–Kier alpha value is -3.41. The normalized spacial score (nSPS) is 12.8. The first-order chi connectivity index (χ1) is 28.0. The van der Waals surface area contributed by atoms with Crippen molar-refractivity contribution in [2.45, 2.75) is 207 Å². The Morgan fingerprint density at radius 1 is 0.386 bits per heavy atom. The fraction of sp³-hybridized carbons (Fsp3) is 0.667. The molecule has 0 aromatic rings. The average molecular weight is 793 g/mol. The molecular weight excluding hydrogens is 709 g/mol. The van der Waals surface area contributed by atoms with Crippen LogP contribution in [0.15, 0.2) is 85.1 Å². The van der Waals surface area contributed by atoms with Crippen LogP contribution in [0.2, 0.25) is 0 Å². The number of rotatable bonds is 40. The molecule has 1 unspecified atom stereocenters. The van der Waals surface area contributed by atoms with Crippen LogP contribution in [0.1, 0.15) is 201 Å². The molecule has 6 heteroatoms. The van der Waals surface area contributed by atoms with E-state index in [1.165, 1.54) is 77.0 Å². The number of unbranched alkanes of at least 4 members (excludes halogenated alkanes) is 16. The maximum absolute atomic E-state index is 12.6. The molecule has 0 rings (SSSR count). The van der Waals surface area contributed by atoms with E-state index in [0.29, 0.717) is 12.8 Å². The van der Waals surface area contributed by atoms with Crippen LogP contribution in [0, 0.1) is 0 Å². The summed E-state index contributed by atoms with van der Waals surface area (Å²) in [7, 11) is 0. The van der Waals surface area contributed by atoms with E-state index in [9.17, 15) is 14.4 Å². The molecule has 57 heavy (non-hydrogen) atoms. The van der Waals surface area contributed by atoms with Crippen molar-refractivity contribution in [2.24, 2.45) is 0 Å². The Morgan fingerprint density at radius 3 is 1.18 bits per heavy atom. The molecule has 6 nitrogen and oxygen atoms in total. The molecular formula is C51H84O6. The molecule has 0 aliphatic carbocycles. The standard InChI is InChI=1S/C51H84O6/c1-4-7-10-13-16-18-20-22-24-25-26-28-29-31-33-35-38-41-44-50(53)56-47-48(46-55-49(52)43-40-37-15-12-9-6-3)57-51(54)45-42-39-36-34-32-30-27-23-21-19-17-14-11-8-5-2/h8,11,17-20,23-25,27,32,34,39,42,48H,4-7,9-10,12-16,21-22,26,28-31,33,35-38,40-41,43-47H2,1-3H3/b11-8-,19-17-,20-18-,25-24-,27-23-,34-32-,42-39-. The van der Waals surface area contributed by atoms with E-state index in [1.54, 1.807) is 6.08 Å². The Balaban J connectivity index is 4.40. The Kier molecular flexibility index (Phi) is 42.6. The SMILES string of the molecule is CC/C=C\C/C=C\C/C=C\C/C=C\C/C=C\CC(=O)OC(COC(=O)CCCCCCCC)COC(=O)CCCCCCCCC/C=C\C/C=C\CCCCCC. The third-order valence-electron chi connectivity index (χ3n) is 9.42. The van der Waals surface area contributed by atoms with Gasteiger partial charge in [-0.25, -0.2) is 0 Å². The third-order valence-corrected chi connectivity index (χ3v) is 9.42. The number of hydrogen-bond donors (Lipinski definition) is 0. The van der Waals surface area contributed by atoms with E-state index in [2.05, 4.69) is 93.7 Å². The first-order valence-electron chi connectivity index (χ1n) is 23.1. The molecule has 0 saturated heterocycles. The van der Waals surface area contributed by atoms with Crippen LogP contribution in [0.5, 0.6) is 0 Å². The molecule has 0 aromatic carbocycles. The van der Waals surface area contributed by atoms with Crippen molar-refractivity contribution in [3.63, 3.8) is 0 Å². The largest absolute Gasteiger partial charge is 0.462 e. The van der Waals surface area contributed by atoms with E-state index < -0.39 is 12.1 Å². The van der Waals surface area contributed by atoms with E-state index in [-0.39, 0.29) is 31.6 Å². The molecule has 0 amide bonds. The van der Waals surface area contributed by atoms with Crippen LogP contribution in [-0.4, -0.2) is 37.2 Å². The fourth-order valence-electron chi connectivity index (χ4n) is 5.96. The van der Waals surface area contributed by atoms with E-state index in [0.717, 1.165) is 83.5 Å². The van der Waals surface area contributed by atoms with Crippen molar-refractivity contribution in [3.8, 4) is 0 Å². The highest BCUT2D eigenvalue weighted by Crippen LogP contribution is 2.12. The smallest absolute Gasteiger partial charge is 0.310 e. The summed E-state index contributed by atoms with van der Waals surface area (Å²) >= 11 is 0. The molecule has 0 aromatic heterocycles. The van der Waals surface area contributed by atoms with Gasteiger partial charge in [-0.3, -0.25) is 14.4 Å². The van der Waals surface area contributed by atoms with Gasteiger partial charge >= 0.3 is 17.9 Å². The van der Waals surface area contributed by atoms with Crippen molar-refractivity contribution in [1.29, 1.82) is 0 Å². The predicted octanol–water partition coefficient (Wildman–Crippen LogP) is 14.9. The highest BCUT2D eigenvalue weighted by Gasteiger charge is 2.19. The van der Waals surface area contributed by atoms with Crippen LogP contribution < -0.4 is 0 Å². The van der Waals surface area contributed by atoms with Gasteiger partial charge in [-0.15, -0.1) is 0 Å². The topological polar surface area (TPSA) is 78.9 Å². The minimum absolute atomic E-state index is 0.0945. The zero-order chi connectivity index (χ0) is 41.5. The molecule has 324 valence electrons. The summed E-state index contributed by atoms with van der Waals surface area (Å²) in [6.45, 7) is 6.33. The number of esters is 3. The monoisotopic (exact) mass is 793 g/mol. The Labute approximate surface area is 350 Å². The molecule has 0 aliphatic rings. The third kappa shape index (κ3) is 43.6. The van der Waals surface area contributed by atoms with Crippen LogP contribution >= 0.6 is 0 Å². The second kappa shape index (κ2) is 45.3. The van der Waals surface area contributed by atoms with Gasteiger partial charge in [0.15, 0.2) is 6.10 Å². The predicted molar refractivity (Wildman–Crippen MR) is 242 cm³/mol. The van der Waals surface area contributed by atoms with Gasteiger partial charge in [0.25, 0.3) is 0 Å². The van der Waals surface area contributed by atoms with E-state index in [1.807, 2.05) is 6.08 Å². The lowest BCUT2D eigenvalue weighted by atomic mass is 10.1. The van der Waals surface area contributed by atoms with E-state index in [4.69, 9.17) is 14.2 Å². The lowest BCUT2D eigenvalue weighted by molar-refractivity contribution is -0.166. The van der Waals surface area contributed by atoms with Gasteiger partial charge in [0.1, 0.15) is 13.2 Å². The Morgan fingerprint density at radius 2 is 0.737 bits per heavy atom. The van der Waals surface area contributed by atoms with E-state index >= 15 is 0 Å². The zero-order valence-electron chi connectivity index (χ0n) is 36.8. The first-order valence-corrected chi connectivity index (χ1v) is 23.1. The number of ether oxygens (including phenoxy) is 3. The summed E-state index contributed by atoms with van der Waals surface area (Å²) in [5.74, 6) is -1.07. The molecule has 0 heterocycles. The minimum atomic E-state index is -0.829. The van der Waals surface area contributed by atoms with Gasteiger partial charge in [0.05, 0.1) is 6.42 Å². The second-order valence-electron chi connectivity index (χ2n) is 14.9. The van der Waals surface area contributed by atoms with Crippen molar-refractivity contribution in [3.05, 3.63) is 85.1 Å². The van der Waals surface area contributed by atoms with Gasteiger partial charge in [-0.1, -0.05) is 189 Å². The van der Waals surface area contributed by atoms with Crippen molar-refractivity contribution >= 4 is 17.9 Å². The van der Waals surface area contributed by atoms with Gasteiger partial charge in [-0.05, 0) is 77.0 Å². The molecule has 0 spiro atoms. The lowest BCUT2D eigenvalue weighted by Gasteiger charge is -2.18. The maximum Gasteiger partial charge on any atom is 0.310 e. The molecule has 0 radical (unpaired) electrons. The zero-order valence-corrected chi connectivity index (χ0v) is 36.8. The minimum Gasteiger partial charge on any atom is -0.462 e. The van der Waals surface area contributed by atoms with Gasteiger partial charge < -0.3 is 14.2 Å². The highest BCUT2D eigenvalue weighted by molar-refractivity contribution is 5.72. The molecule has 0 fully saturated rings. The second-order valence-corrected chi connectivity index (χ2v) is 14.9. The van der Waals surface area contributed by atoms with Crippen molar-refractivity contribution in [2.75, 3.05) is 13.2 Å². The van der Waals surface area contributed by atoms with Crippen LogP contribution in [-0.2, 0) is 28.6 Å². The summed E-state index contributed by atoms with van der Waals surface area (Å²) in [5, 5.41) is 0. The molecule has 0 saturated carbocycles. The Bertz CT molecular complexity index is 1140. The molecule has 0 aliphatic heterocycles. The maximum atomic E-state index is 12.6. The molecule has 0 N–H and O–H groups in total. The van der Waals surface area contributed by atoms with Crippen molar-refractivity contribution in [1.82, 2.24) is 0 Å². The summed E-state index contributed by atoms with van der Waals surface area (Å²) in [6.07, 6.45) is 57.5. The number of allylic oxidation sites excluding steroid dienone is 13. The lowest BCUT2D eigenvalue weighted by Crippen LogP contribution is -2.30. The summed E-state index contributed by atoms with van der Waals surface area (Å²) < 4.78 is 16.5. The van der Waals surface area contributed by atoms with Crippen LogP contribution in [0.4, 0.5) is 0 Å². The summed E-state index contributed by atoms with van der Waals surface area (Å²) in [4.78, 5) is 37.5. The van der Waals surface area contributed by atoms with Crippen LogP contribution in [0.25, 0.3) is 0 Å². The van der Waals surface area contributed by atoms with Gasteiger partial charge in [0.2, 0.25) is 0 Å². The number of carbonyl (C=O) groups excluding carboxylic acids is 3. The fourth-order valence-corrected chi connectivity index (χ4v) is 5.96. The number of carbonyl (C=O) groups is 3. The van der Waals surface area contributed by atoms with Crippen molar-refractivity contribution < 1.29 is 28.6 Å². The van der Waals surface area contributed by atoms with Gasteiger partial charge in [0, 0.05) is 12.8 Å². The summed E-state index contributed by atoms with van der Waals surface area (Å²) in [5.41, 5.74) is 0. The highest BCUT2D eigenvalue weighted by atomic mass is 16.6. The average Bonchev–Trinajstić information content (AvgIpc) is 3.21. The summed E-state index contributed by atoms with van der Waals surface area (Å²) in [6, 6.07) is 0. The number of hydrogen-bond acceptors (Lipinski definition) is 6. The van der Waals surface area contributed by atoms with Crippen LogP contribution in [0.3, 0.4) is 0 Å². The first kappa shape index (κ1) is 53.6. The quantitative estimate of drug-likeness (QED) is 0.0266.